The van der Waals surface area contributed by atoms with Gasteiger partial charge in [0.25, 0.3) is 0 Å². The molecule has 0 saturated heterocycles. The smallest absolute Gasteiger partial charge is 0.137 e. The molecule has 0 aliphatic heterocycles. The fourth-order valence-corrected chi connectivity index (χ4v) is 3.11. The highest BCUT2D eigenvalue weighted by Gasteiger charge is 2.11. The Morgan fingerprint density at radius 1 is 1.14 bits per heavy atom. The Labute approximate surface area is 140 Å². The van der Waals surface area contributed by atoms with Crippen LogP contribution in [-0.2, 0) is 6.54 Å². The predicted octanol–water partition coefficient (Wildman–Crippen LogP) is 5.36. The van der Waals surface area contributed by atoms with Crippen molar-refractivity contribution in [1.29, 1.82) is 0 Å². The third-order valence-electron chi connectivity index (χ3n) is 4.00. The van der Waals surface area contributed by atoms with Gasteiger partial charge in [0.2, 0.25) is 0 Å². The van der Waals surface area contributed by atoms with Gasteiger partial charge < -0.3 is 10.1 Å². The van der Waals surface area contributed by atoms with E-state index < -0.39 is 0 Å². The van der Waals surface area contributed by atoms with Crippen LogP contribution in [0.4, 0.5) is 0 Å². The fraction of sp³-hybridized carbons (Fsp3) is 0.647. The van der Waals surface area contributed by atoms with Crippen LogP contribution in [0.2, 0.25) is 5.02 Å². The summed E-state index contributed by atoms with van der Waals surface area (Å²) >= 11 is 6.22. The topological polar surface area (TPSA) is 21.3 Å². The summed E-state index contributed by atoms with van der Waals surface area (Å²) in [6, 6.07) is 6.76. The molecule has 0 radical (unpaired) electrons. The molecule has 0 aromatic heterocycles. The molecule has 0 unspecified atom stereocenters. The lowest BCUT2D eigenvalue weighted by molar-refractivity contribution is 0.340. The minimum absolute atomic E-state index is 0. The molecule has 4 heteroatoms. The molecule has 0 heterocycles. The Hall–Kier alpha value is -0.440. The summed E-state index contributed by atoms with van der Waals surface area (Å²) in [4.78, 5) is 0. The Bertz CT molecular complexity index is 404. The summed E-state index contributed by atoms with van der Waals surface area (Å²) in [5.74, 6) is 0.781. The van der Waals surface area contributed by atoms with E-state index in [2.05, 4.69) is 11.4 Å². The van der Waals surface area contributed by atoms with Gasteiger partial charge in [-0.25, -0.2) is 0 Å². The van der Waals surface area contributed by atoms with Gasteiger partial charge in [-0.2, -0.15) is 0 Å². The van der Waals surface area contributed by atoms with E-state index in [1.54, 1.807) is 0 Å². The van der Waals surface area contributed by atoms with Gasteiger partial charge in [0, 0.05) is 12.6 Å². The van der Waals surface area contributed by atoms with E-state index in [0.717, 1.165) is 12.3 Å². The highest BCUT2D eigenvalue weighted by atomic mass is 35.5. The van der Waals surface area contributed by atoms with Crippen molar-refractivity contribution in [3.8, 4) is 5.75 Å². The number of halogens is 2. The van der Waals surface area contributed by atoms with Crippen molar-refractivity contribution in [3.63, 3.8) is 0 Å². The van der Waals surface area contributed by atoms with Crippen molar-refractivity contribution in [3.05, 3.63) is 28.8 Å². The number of hydrogen-bond donors (Lipinski definition) is 1. The van der Waals surface area contributed by atoms with E-state index in [-0.39, 0.29) is 12.4 Å². The molecule has 21 heavy (non-hydrogen) atoms. The van der Waals surface area contributed by atoms with Crippen LogP contribution in [0.5, 0.6) is 5.75 Å². The summed E-state index contributed by atoms with van der Waals surface area (Å²) in [6.07, 6.45) is 9.56. The average molecular weight is 332 g/mol. The van der Waals surface area contributed by atoms with Crippen LogP contribution in [0, 0.1) is 0 Å². The molecule has 0 atom stereocenters. The Balaban J connectivity index is 0.00000220. The van der Waals surface area contributed by atoms with Gasteiger partial charge in [-0.1, -0.05) is 49.8 Å². The summed E-state index contributed by atoms with van der Waals surface area (Å²) in [5.41, 5.74) is 1.24. The quantitative estimate of drug-likeness (QED) is 0.783. The molecule has 0 bridgehead atoms. The van der Waals surface area contributed by atoms with E-state index in [1.807, 2.05) is 19.1 Å². The second kappa shape index (κ2) is 10.3. The highest BCUT2D eigenvalue weighted by Crippen LogP contribution is 2.25. The highest BCUT2D eigenvalue weighted by molar-refractivity contribution is 6.32. The molecule has 1 aromatic carbocycles. The zero-order valence-corrected chi connectivity index (χ0v) is 14.4. The van der Waals surface area contributed by atoms with E-state index in [4.69, 9.17) is 16.3 Å². The van der Waals surface area contributed by atoms with Gasteiger partial charge >= 0.3 is 0 Å². The van der Waals surface area contributed by atoms with Crippen LogP contribution in [-0.4, -0.2) is 12.6 Å². The average Bonchev–Trinajstić information content (AvgIpc) is 2.40. The molecule has 2 nitrogen and oxygen atoms in total. The third-order valence-corrected chi connectivity index (χ3v) is 4.29. The zero-order chi connectivity index (χ0) is 14.2. The molecule has 0 amide bonds. The Morgan fingerprint density at radius 2 is 1.81 bits per heavy atom. The lowest BCUT2D eigenvalue weighted by Gasteiger charge is -2.21. The van der Waals surface area contributed by atoms with E-state index in [9.17, 15) is 0 Å². The summed E-state index contributed by atoms with van der Waals surface area (Å²) < 4.78 is 5.46. The first-order chi connectivity index (χ1) is 9.79. The molecule has 1 fully saturated rings. The van der Waals surface area contributed by atoms with Gasteiger partial charge in [-0.3, -0.25) is 0 Å². The van der Waals surface area contributed by atoms with Crippen LogP contribution in [0.1, 0.15) is 57.4 Å². The lowest BCUT2D eigenvalue weighted by atomic mass is 9.96. The SMILES string of the molecule is CCOc1ccc(CNC2CCCCCCC2)cc1Cl.Cl. The Morgan fingerprint density at radius 3 is 2.43 bits per heavy atom. The molecule has 2 rings (SSSR count). The van der Waals surface area contributed by atoms with Crippen molar-refractivity contribution >= 4 is 24.0 Å². The van der Waals surface area contributed by atoms with Crippen molar-refractivity contribution in [1.82, 2.24) is 5.32 Å². The first kappa shape index (κ1) is 18.6. The maximum Gasteiger partial charge on any atom is 0.137 e. The standard InChI is InChI=1S/C17H26ClNO.ClH/c1-2-20-17-11-10-14(12-16(17)18)13-19-15-8-6-4-3-5-7-9-15;/h10-12,15,19H,2-9,13H2,1H3;1H. The minimum atomic E-state index is 0. The molecule has 120 valence electrons. The molecule has 1 aliphatic carbocycles. The maximum atomic E-state index is 6.22. The number of ether oxygens (including phenoxy) is 1. The Kier molecular flexibility index (Phi) is 9.14. The van der Waals surface area contributed by atoms with Crippen LogP contribution in [0.25, 0.3) is 0 Å². The van der Waals surface area contributed by atoms with Gasteiger partial charge in [-0.05, 0) is 37.5 Å². The second-order valence-electron chi connectivity index (χ2n) is 5.62. The van der Waals surface area contributed by atoms with Crippen molar-refractivity contribution in [2.45, 2.75) is 64.5 Å². The van der Waals surface area contributed by atoms with Gasteiger partial charge in [0.1, 0.15) is 5.75 Å². The lowest BCUT2D eigenvalue weighted by Crippen LogP contribution is -2.29. The second-order valence-corrected chi connectivity index (χ2v) is 6.03. The molecule has 1 N–H and O–H groups in total. The molecule has 0 spiro atoms. The zero-order valence-electron chi connectivity index (χ0n) is 12.9. The van der Waals surface area contributed by atoms with E-state index in [1.165, 1.54) is 50.5 Å². The number of benzene rings is 1. The summed E-state index contributed by atoms with van der Waals surface area (Å²) in [6.45, 7) is 3.52. The van der Waals surface area contributed by atoms with Crippen LogP contribution >= 0.6 is 24.0 Å². The number of nitrogens with one attached hydrogen (secondary N) is 1. The first-order valence-electron chi connectivity index (χ1n) is 7.94. The normalized spacial score (nSPS) is 16.7. The first-order valence-corrected chi connectivity index (χ1v) is 8.32. The van der Waals surface area contributed by atoms with E-state index >= 15 is 0 Å². The van der Waals surface area contributed by atoms with Gasteiger partial charge in [0.15, 0.2) is 0 Å². The predicted molar refractivity (Wildman–Crippen MR) is 92.8 cm³/mol. The van der Waals surface area contributed by atoms with Crippen LogP contribution in [0.15, 0.2) is 18.2 Å². The fourth-order valence-electron chi connectivity index (χ4n) is 2.85. The molecule has 1 aromatic rings. The molecule has 1 aliphatic rings. The van der Waals surface area contributed by atoms with Gasteiger partial charge in [0.05, 0.1) is 11.6 Å². The number of rotatable bonds is 5. The van der Waals surface area contributed by atoms with Crippen LogP contribution < -0.4 is 10.1 Å². The van der Waals surface area contributed by atoms with Crippen molar-refractivity contribution in [2.75, 3.05) is 6.61 Å². The number of hydrogen-bond acceptors (Lipinski definition) is 2. The van der Waals surface area contributed by atoms with Gasteiger partial charge in [-0.15, -0.1) is 12.4 Å². The van der Waals surface area contributed by atoms with E-state index in [0.29, 0.717) is 17.7 Å². The molecular formula is C17H27Cl2NO. The summed E-state index contributed by atoms with van der Waals surface area (Å²) in [7, 11) is 0. The molecule has 1 saturated carbocycles. The van der Waals surface area contributed by atoms with Crippen molar-refractivity contribution in [2.24, 2.45) is 0 Å². The minimum Gasteiger partial charge on any atom is -0.492 e. The molecular weight excluding hydrogens is 305 g/mol. The summed E-state index contributed by atoms with van der Waals surface area (Å²) in [5, 5.41) is 4.40. The third kappa shape index (κ3) is 6.46. The largest absolute Gasteiger partial charge is 0.492 e. The maximum absolute atomic E-state index is 6.22. The monoisotopic (exact) mass is 331 g/mol. The van der Waals surface area contributed by atoms with Crippen molar-refractivity contribution < 1.29 is 4.74 Å². The van der Waals surface area contributed by atoms with Crippen LogP contribution in [0.3, 0.4) is 0 Å².